The first-order chi connectivity index (χ1) is 10.0. The third-order valence-corrected chi connectivity index (χ3v) is 3.28. The summed E-state index contributed by atoms with van der Waals surface area (Å²) in [6, 6.07) is 9.97. The highest BCUT2D eigenvalue weighted by atomic mass is 79.9. The van der Waals surface area contributed by atoms with Crippen molar-refractivity contribution in [2.45, 2.75) is 20.3 Å². The van der Waals surface area contributed by atoms with E-state index in [4.69, 9.17) is 5.26 Å². The number of amides is 1. The Balaban J connectivity index is 2.41. The second-order valence-corrected chi connectivity index (χ2v) is 6.02. The second-order valence-electron chi connectivity index (χ2n) is 5.10. The van der Waals surface area contributed by atoms with E-state index in [1.54, 1.807) is 0 Å². The summed E-state index contributed by atoms with van der Waals surface area (Å²) in [6.07, 6.45) is 2.31. The van der Waals surface area contributed by atoms with Crippen molar-refractivity contribution < 1.29 is 4.79 Å². The number of nitriles is 1. The van der Waals surface area contributed by atoms with Gasteiger partial charge in [0.1, 0.15) is 11.6 Å². The minimum absolute atomic E-state index is 0.103. The highest BCUT2D eigenvalue weighted by Crippen LogP contribution is 2.10. The smallest absolute Gasteiger partial charge is 0.263 e. The quantitative estimate of drug-likeness (QED) is 0.452. The van der Waals surface area contributed by atoms with Crippen molar-refractivity contribution in [1.82, 2.24) is 10.6 Å². The highest BCUT2D eigenvalue weighted by molar-refractivity contribution is 9.10. The van der Waals surface area contributed by atoms with Gasteiger partial charge >= 0.3 is 0 Å². The van der Waals surface area contributed by atoms with E-state index < -0.39 is 0 Å². The van der Waals surface area contributed by atoms with E-state index in [1.165, 1.54) is 11.8 Å². The standard InChI is InChI=1S/C16H20BrN3O/c1-12(2)10-20-16(21)14(9-18)11-19-8-7-13-3-5-15(17)6-4-13/h3-6,11-12,19H,7-8,10H2,1-2H3,(H,20,21)/b14-11-. The first-order valence-corrected chi connectivity index (χ1v) is 7.68. The normalized spacial score (nSPS) is 11.1. The fourth-order valence-corrected chi connectivity index (χ4v) is 1.85. The number of halogens is 1. The molecule has 0 aliphatic carbocycles. The van der Waals surface area contributed by atoms with E-state index in [-0.39, 0.29) is 11.5 Å². The molecule has 0 heterocycles. The molecule has 4 nitrogen and oxygen atoms in total. The molecule has 5 heteroatoms. The number of benzene rings is 1. The van der Waals surface area contributed by atoms with Crippen molar-refractivity contribution in [2.24, 2.45) is 5.92 Å². The summed E-state index contributed by atoms with van der Waals surface area (Å²) in [5.41, 5.74) is 1.30. The third kappa shape index (κ3) is 6.96. The zero-order valence-electron chi connectivity index (χ0n) is 12.3. The van der Waals surface area contributed by atoms with E-state index in [0.29, 0.717) is 19.0 Å². The Kier molecular flexibility index (Phi) is 7.55. The van der Waals surface area contributed by atoms with Crippen LogP contribution in [0, 0.1) is 17.2 Å². The number of rotatable bonds is 7. The van der Waals surface area contributed by atoms with Crippen LogP contribution >= 0.6 is 15.9 Å². The maximum Gasteiger partial charge on any atom is 0.263 e. The first kappa shape index (κ1) is 17.3. The summed E-state index contributed by atoms with van der Waals surface area (Å²) in [5, 5.41) is 14.7. The summed E-state index contributed by atoms with van der Waals surface area (Å²) in [4.78, 5) is 11.7. The summed E-state index contributed by atoms with van der Waals surface area (Å²) in [7, 11) is 0. The Morgan fingerprint density at radius 1 is 1.38 bits per heavy atom. The molecule has 0 radical (unpaired) electrons. The van der Waals surface area contributed by atoms with E-state index in [2.05, 4.69) is 26.6 Å². The van der Waals surface area contributed by atoms with Crippen LogP contribution in [0.3, 0.4) is 0 Å². The molecule has 0 aliphatic heterocycles. The molecule has 0 spiro atoms. The van der Waals surface area contributed by atoms with Gasteiger partial charge in [0, 0.05) is 23.8 Å². The molecule has 1 aromatic rings. The molecule has 112 valence electrons. The molecular weight excluding hydrogens is 330 g/mol. The van der Waals surface area contributed by atoms with Crippen molar-refractivity contribution in [3.8, 4) is 6.07 Å². The molecule has 1 amide bonds. The molecular formula is C16H20BrN3O. The lowest BCUT2D eigenvalue weighted by molar-refractivity contribution is -0.117. The van der Waals surface area contributed by atoms with Gasteiger partial charge in [0.15, 0.2) is 0 Å². The van der Waals surface area contributed by atoms with Gasteiger partial charge in [0.25, 0.3) is 5.91 Å². The monoisotopic (exact) mass is 349 g/mol. The lowest BCUT2D eigenvalue weighted by Gasteiger charge is -2.07. The Hall–Kier alpha value is -1.80. The average Bonchev–Trinajstić information content (AvgIpc) is 2.46. The van der Waals surface area contributed by atoms with Gasteiger partial charge in [-0.2, -0.15) is 5.26 Å². The van der Waals surface area contributed by atoms with Gasteiger partial charge < -0.3 is 10.6 Å². The zero-order chi connectivity index (χ0) is 15.7. The van der Waals surface area contributed by atoms with Crippen LogP contribution in [0.25, 0.3) is 0 Å². The Morgan fingerprint density at radius 2 is 2.05 bits per heavy atom. The van der Waals surface area contributed by atoms with Crippen LogP contribution in [0.15, 0.2) is 40.5 Å². The van der Waals surface area contributed by atoms with Gasteiger partial charge in [-0.05, 0) is 30.0 Å². The van der Waals surface area contributed by atoms with Gasteiger partial charge in [-0.25, -0.2) is 0 Å². The summed E-state index contributed by atoms with van der Waals surface area (Å²) < 4.78 is 1.05. The van der Waals surface area contributed by atoms with Gasteiger partial charge in [-0.1, -0.05) is 41.9 Å². The molecule has 0 atom stereocenters. The Bertz CT molecular complexity index is 529. The Morgan fingerprint density at radius 3 is 2.62 bits per heavy atom. The number of hydrogen-bond acceptors (Lipinski definition) is 3. The second kappa shape index (κ2) is 9.19. The predicted octanol–water partition coefficient (Wildman–Crippen LogP) is 2.76. The predicted molar refractivity (Wildman–Crippen MR) is 87.4 cm³/mol. The van der Waals surface area contributed by atoms with Crippen molar-refractivity contribution in [1.29, 1.82) is 5.26 Å². The molecule has 21 heavy (non-hydrogen) atoms. The molecule has 2 N–H and O–H groups in total. The molecule has 1 aromatic carbocycles. The molecule has 0 unspecified atom stereocenters. The van der Waals surface area contributed by atoms with Crippen molar-refractivity contribution in [2.75, 3.05) is 13.1 Å². The van der Waals surface area contributed by atoms with Crippen molar-refractivity contribution >= 4 is 21.8 Å². The molecule has 0 aromatic heterocycles. The largest absolute Gasteiger partial charge is 0.389 e. The van der Waals surface area contributed by atoms with Crippen LogP contribution in [0.4, 0.5) is 0 Å². The Labute approximate surface area is 134 Å². The fourth-order valence-electron chi connectivity index (χ4n) is 1.58. The molecule has 0 fully saturated rings. The van der Waals surface area contributed by atoms with Crippen LogP contribution in [-0.2, 0) is 11.2 Å². The van der Waals surface area contributed by atoms with E-state index in [1.807, 2.05) is 44.2 Å². The summed E-state index contributed by atoms with van der Waals surface area (Å²) in [5.74, 6) is 0.0293. The molecule has 0 saturated carbocycles. The van der Waals surface area contributed by atoms with E-state index in [0.717, 1.165) is 10.9 Å². The van der Waals surface area contributed by atoms with Gasteiger partial charge in [0.2, 0.25) is 0 Å². The number of hydrogen-bond donors (Lipinski definition) is 2. The van der Waals surface area contributed by atoms with Crippen molar-refractivity contribution in [3.63, 3.8) is 0 Å². The number of carbonyl (C=O) groups is 1. The minimum Gasteiger partial charge on any atom is -0.389 e. The molecule has 0 aliphatic rings. The average molecular weight is 350 g/mol. The van der Waals surface area contributed by atoms with E-state index in [9.17, 15) is 4.79 Å². The van der Waals surface area contributed by atoms with Crippen LogP contribution in [0.5, 0.6) is 0 Å². The van der Waals surface area contributed by atoms with Gasteiger partial charge in [0.05, 0.1) is 0 Å². The molecule has 1 rings (SSSR count). The summed E-state index contributed by atoms with van der Waals surface area (Å²) in [6.45, 7) is 5.25. The molecule has 0 saturated heterocycles. The van der Waals surface area contributed by atoms with E-state index >= 15 is 0 Å². The minimum atomic E-state index is -0.331. The summed E-state index contributed by atoms with van der Waals surface area (Å²) >= 11 is 3.39. The van der Waals surface area contributed by atoms with Crippen LogP contribution in [0.2, 0.25) is 0 Å². The van der Waals surface area contributed by atoms with Crippen LogP contribution in [0.1, 0.15) is 19.4 Å². The third-order valence-electron chi connectivity index (χ3n) is 2.75. The maximum absolute atomic E-state index is 11.7. The SMILES string of the molecule is CC(C)CNC(=O)/C(C#N)=C\NCCc1ccc(Br)cc1. The lowest BCUT2D eigenvalue weighted by atomic mass is 10.1. The number of carbonyl (C=O) groups excluding carboxylic acids is 1. The highest BCUT2D eigenvalue weighted by Gasteiger charge is 2.08. The zero-order valence-corrected chi connectivity index (χ0v) is 13.9. The molecule has 0 bridgehead atoms. The van der Waals surface area contributed by atoms with Crippen LogP contribution < -0.4 is 10.6 Å². The fraction of sp³-hybridized carbons (Fsp3) is 0.375. The number of nitrogens with one attached hydrogen (secondary N) is 2. The van der Waals surface area contributed by atoms with Crippen LogP contribution in [-0.4, -0.2) is 19.0 Å². The topological polar surface area (TPSA) is 64.9 Å². The van der Waals surface area contributed by atoms with Gasteiger partial charge in [-0.3, -0.25) is 4.79 Å². The first-order valence-electron chi connectivity index (χ1n) is 6.89. The van der Waals surface area contributed by atoms with Crippen molar-refractivity contribution in [3.05, 3.63) is 46.1 Å². The maximum atomic E-state index is 11.7. The lowest BCUT2D eigenvalue weighted by Crippen LogP contribution is -2.29. The van der Waals surface area contributed by atoms with Gasteiger partial charge in [-0.15, -0.1) is 0 Å². The number of nitrogens with zero attached hydrogens (tertiary/aromatic N) is 1.